The zero-order valence-electron chi connectivity index (χ0n) is 14.8. The van der Waals surface area contributed by atoms with Crippen molar-refractivity contribution in [3.63, 3.8) is 0 Å². The van der Waals surface area contributed by atoms with Gasteiger partial charge in [0, 0.05) is 13.6 Å². The normalized spacial score (nSPS) is 11.6. The molecule has 0 bridgehead atoms. The van der Waals surface area contributed by atoms with Gasteiger partial charge in [-0.05, 0) is 48.7 Å². The second-order valence-electron chi connectivity index (χ2n) is 5.70. The van der Waals surface area contributed by atoms with Crippen molar-refractivity contribution in [2.24, 2.45) is 0 Å². The van der Waals surface area contributed by atoms with E-state index in [9.17, 15) is 17.2 Å². The average Bonchev–Trinajstić information content (AvgIpc) is 2.63. The maximum atomic E-state index is 13.3. The molecule has 8 heteroatoms. The Kier molecular flexibility index (Phi) is 6.55. The van der Waals surface area contributed by atoms with E-state index in [-0.39, 0.29) is 11.4 Å². The van der Waals surface area contributed by atoms with Gasteiger partial charge in [0.05, 0.1) is 19.1 Å². The molecular weight excluding hydrogens is 364 g/mol. The fourth-order valence-corrected chi connectivity index (χ4v) is 3.70. The minimum atomic E-state index is -3.87. The molecule has 0 aliphatic heterocycles. The van der Waals surface area contributed by atoms with Crippen LogP contribution in [0.15, 0.2) is 41.3 Å². The van der Waals surface area contributed by atoms with Crippen LogP contribution in [0, 0.1) is 11.6 Å². The number of halogens is 2. The molecule has 0 unspecified atom stereocenters. The highest BCUT2D eigenvalue weighted by atomic mass is 32.2. The number of hydrogen-bond acceptors (Lipinski definition) is 4. The lowest BCUT2D eigenvalue weighted by molar-refractivity contribution is 0.354. The van der Waals surface area contributed by atoms with Crippen molar-refractivity contribution in [3.05, 3.63) is 53.6 Å². The highest BCUT2D eigenvalue weighted by Gasteiger charge is 2.21. The first kappa shape index (κ1) is 20.1. The van der Waals surface area contributed by atoms with Crippen molar-refractivity contribution in [2.45, 2.75) is 17.7 Å². The smallest absolute Gasteiger partial charge is 0.242 e. The lowest BCUT2D eigenvalue weighted by Crippen LogP contribution is -2.28. The van der Waals surface area contributed by atoms with Gasteiger partial charge in [-0.25, -0.2) is 21.5 Å². The predicted octanol–water partition coefficient (Wildman–Crippen LogP) is 3.24. The van der Waals surface area contributed by atoms with Gasteiger partial charge in [-0.1, -0.05) is 6.07 Å². The summed E-state index contributed by atoms with van der Waals surface area (Å²) in [5.41, 5.74) is 0.973. The Labute approximate surface area is 152 Å². The molecule has 2 aromatic carbocycles. The van der Waals surface area contributed by atoms with Gasteiger partial charge in [-0.3, -0.25) is 0 Å². The number of methoxy groups -OCH3 is 2. The number of ether oxygens (including phenoxy) is 2. The molecule has 0 fully saturated rings. The van der Waals surface area contributed by atoms with E-state index in [1.54, 1.807) is 20.3 Å². The standard InChI is InChI=1S/C18H21F2NO4S/c1-21(26(22,23)14-7-8-15(19)16(20)12-14)10-4-5-13-6-9-17(24-2)18(11-13)25-3/h6-9,11-12H,4-5,10H2,1-3H3. The van der Waals surface area contributed by atoms with E-state index in [0.717, 1.165) is 22.0 Å². The third-order valence-electron chi connectivity index (χ3n) is 3.99. The van der Waals surface area contributed by atoms with E-state index < -0.39 is 21.7 Å². The summed E-state index contributed by atoms with van der Waals surface area (Å²) >= 11 is 0. The number of sulfonamides is 1. The maximum Gasteiger partial charge on any atom is 0.242 e. The molecular formula is C18H21F2NO4S. The van der Waals surface area contributed by atoms with Crippen molar-refractivity contribution in [1.82, 2.24) is 4.31 Å². The highest BCUT2D eigenvalue weighted by molar-refractivity contribution is 7.89. The Hall–Kier alpha value is -2.19. The molecule has 0 saturated heterocycles. The molecule has 0 aliphatic carbocycles. The van der Waals surface area contributed by atoms with E-state index in [4.69, 9.17) is 9.47 Å². The summed E-state index contributed by atoms with van der Waals surface area (Å²) in [6.07, 6.45) is 1.17. The van der Waals surface area contributed by atoms with Crippen LogP contribution >= 0.6 is 0 Å². The molecule has 0 aromatic heterocycles. The van der Waals surface area contributed by atoms with E-state index in [1.807, 2.05) is 12.1 Å². The molecule has 5 nitrogen and oxygen atoms in total. The van der Waals surface area contributed by atoms with Crippen molar-refractivity contribution < 1.29 is 26.7 Å². The second kappa shape index (κ2) is 8.46. The number of rotatable bonds is 8. The van der Waals surface area contributed by atoms with Crippen molar-refractivity contribution in [3.8, 4) is 11.5 Å². The summed E-state index contributed by atoms with van der Waals surface area (Å²) in [7, 11) is 0.630. The molecule has 0 saturated carbocycles. The van der Waals surface area contributed by atoms with Gasteiger partial charge in [-0.2, -0.15) is 0 Å². The molecule has 0 spiro atoms. The lowest BCUT2D eigenvalue weighted by atomic mass is 10.1. The van der Waals surface area contributed by atoms with E-state index >= 15 is 0 Å². The first-order valence-corrected chi connectivity index (χ1v) is 9.36. The monoisotopic (exact) mass is 385 g/mol. The molecule has 2 rings (SSSR count). The Balaban J connectivity index is 2.01. The molecule has 0 atom stereocenters. The predicted molar refractivity (Wildman–Crippen MR) is 94.0 cm³/mol. The van der Waals surface area contributed by atoms with Gasteiger partial charge < -0.3 is 9.47 Å². The molecule has 142 valence electrons. The number of benzene rings is 2. The van der Waals surface area contributed by atoms with Crippen LogP contribution in [0.25, 0.3) is 0 Å². The van der Waals surface area contributed by atoms with Gasteiger partial charge in [0.2, 0.25) is 10.0 Å². The average molecular weight is 385 g/mol. The zero-order chi connectivity index (χ0) is 19.3. The number of nitrogens with zero attached hydrogens (tertiary/aromatic N) is 1. The van der Waals surface area contributed by atoms with Crippen LogP contribution in [-0.4, -0.2) is 40.5 Å². The topological polar surface area (TPSA) is 55.8 Å². The minimum Gasteiger partial charge on any atom is -0.493 e. The lowest BCUT2D eigenvalue weighted by Gasteiger charge is -2.17. The summed E-state index contributed by atoms with van der Waals surface area (Å²) in [4.78, 5) is -0.273. The second-order valence-corrected chi connectivity index (χ2v) is 7.74. The summed E-state index contributed by atoms with van der Waals surface area (Å²) < 4.78 is 62.7. The first-order chi connectivity index (χ1) is 12.3. The molecule has 0 aliphatic rings. The number of hydrogen-bond donors (Lipinski definition) is 0. The third-order valence-corrected chi connectivity index (χ3v) is 5.84. The number of aryl methyl sites for hydroxylation is 1. The Morgan fingerprint density at radius 1 is 0.962 bits per heavy atom. The summed E-state index contributed by atoms with van der Waals surface area (Å²) in [5.74, 6) is -1.05. The van der Waals surface area contributed by atoms with Crippen LogP contribution in [-0.2, 0) is 16.4 Å². The van der Waals surface area contributed by atoms with E-state index in [1.165, 1.54) is 7.05 Å². The molecule has 2 aromatic rings. The van der Waals surface area contributed by atoms with Crippen molar-refractivity contribution in [1.29, 1.82) is 0 Å². The third kappa shape index (κ3) is 4.50. The van der Waals surface area contributed by atoms with Crippen molar-refractivity contribution in [2.75, 3.05) is 27.8 Å². The van der Waals surface area contributed by atoms with Gasteiger partial charge in [0.15, 0.2) is 23.1 Å². The van der Waals surface area contributed by atoms with Crippen LogP contribution in [0.2, 0.25) is 0 Å². The minimum absolute atomic E-state index is 0.232. The van der Waals surface area contributed by atoms with Gasteiger partial charge in [0.25, 0.3) is 0 Å². The Bertz CT molecular complexity index is 871. The Morgan fingerprint density at radius 3 is 2.27 bits per heavy atom. The van der Waals surface area contributed by atoms with Gasteiger partial charge in [-0.15, -0.1) is 0 Å². The van der Waals surface area contributed by atoms with Crippen molar-refractivity contribution >= 4 is 10.0 Å². The zero-order valence-corrected chi connectivity index (χ0v) is 15.6. The first-order valence-electron chi connectivity index (χ1n) is 7.92. The van der Waals surface area contributed by atoms with E-state index in [0.29, 0.717) is 30.4 Å². The van der Waals surface area contributed by atoms with E-state index in [2.05, 4.69) is 0 Å². The van der Waals surface area contributed by atoms with Crippen LogP contribution < -0.4 is 9.47 Å². The van der Waals surface area contributed by atoms with Crippen LogP contribution in [0.3, 0.4) is 0 Å². The molecule has 0 radical (unpaired) electrons. The van der Waals surface area contributed by atoms with Crippen LogP contribution in [0.5, 0.6) is 11.5 Å². The summed E-state index contributed by atoms with van der Waals surface area (Å²) in [5, 5.41) is 0. The molecule has 0 amide bonds. The van der Waals surface area contributed by atoms with Crippen LogP contribution in [0.4, 0.5) is 8.78 Å². The molecule has 0 heterocycles. The van der Waals surface area contributed by atoms with Gasteiger partial charge in [0.1, 0.15) is 0 Å². The maximum absolute atomic E-state index is 13.3. The largest absolute Gasteiger partial charge is 0.493 e. The SMILES string of the molecule is COc1ccc(CCCN(C)S(=O)(=O)c2ccc(F)c(F)c2)cc1OC. The quantitative estimate of drug-likeness (QED) is 0.700. The summed E-state index contributed by atoms with van der Waals surface area (Å²) in [6.45, 7) is 0.232. The summed E-state index contributed by atoms with van der Waals surface area (Å²) in [6, 6.07) is 8.05. The molecule has 0 N–H and O–H groups in total. The van der Waals surface area contributed by atoms with Crippen LogP contribution in [0.1, 0.15) is 12.0 Å². The van der Waals surface area contributed by atoms with Gasteiger partial charge >= 0.3 is 0 Å². The Morgan fingerprint density at radius 2 is 1.65 bits per heavy atom. The fraction of sp³-hybridized carbons (Fsp3) is 0.333. The molecule has 26 heavy (non-hydrogen) atoms. The fourth-order valence-electron chi connectivity index (χ4n) is 2.48. The highest BCUT2D eigenvalue weighted by Crippen LogP contribution is 2.28.